The van der Waals surface area contributed by atoms with Gasteiger partial charge < -0.3 is 9.84 Å². The lowest BCUT2D eigenvalue weighted by molar-refractivity contribution is -0.0852. The fourth-order valence-electron chi connectivity index (χ4n) is 6.42. The molecule has 8 heteroatoms. The molecule has 1 aliphatic heterocycles. The highest BCUT2D eigenvalue weighted by Gasteiger charge is 2.45. The number of aryl methyl sites for hydroxylation is 1. The van der Waals surface area contributed by atoms with Gasteiger partial charge in [-0.25, -0.2) is 8.42 Å². The van der Waals surface area contributed by atoms with Crippen LogP contribution in [0.2, 0.25) is 5.02 Å². The van der Waals surface area contributed by atoms with E-state index in [2.05, 4.69) is 24.0 Å². The second-order valence-electron chi connectivity index (χ2n) is 10.7. The number of rotatable bonds is 7. The van der Waals surface area contributed by atoms with Gasteiger partial charge in [-0.15, -0.1) is 0 Å². The minimum Gasteiger partial charge on any atom is -0.497 e. The average molecular weight is 569 g/mol. The number of anilines is 1. The maximum atomic E-state index is 14.0. The van der Waals surface area contributed by atoms with Gasteiger partial charge in [0.2, 0.25) is 0 Å². The van der Waals surface area contributed by atoms with Gasteiger partial charge in [0.15, 0.2) is 0 Å². The summed E-state index contributed by atoms with van der Waals surface area (Å²) in [5, 5.41) is 12.6. The molecule has 5 rings (SSSR count). The van der Waals surface area contributed by atoms with Crippen molar-refractivity contribution in [3.63, 3.8) is 0 Å². The van der Waals surface area contributed by atoms with Gasteiger partial charge >= 0.3 is 0 Å². The molecule has 1 saturated heterocycles. The van der Waals surface area contributed by atoms with Crippen LogP contribution in [0.1, 0.15) is 49.7 Å². The summed E-state index contributed by atoms with van der Waals surface area (Å²) in [7, 11) is -2.28. The van der Waals surface area contributed by atoms with Crippen LogP contribution in [0.3, 0.4) is 0 Å². The summed E-state index contributed by atoms with van der Waals surface area (Å²) >= 11 is 6.15. The van der Waals surface area contributed by atoms with E-state index in [1.165, 1.54) is 0 Å². The van der Waals surface area contributed by atoms with Crippen LogP contribution in [-0.4, -0.2) is 50.7 Å². The molecule has 2 aliphatic rings. The number of halogens is 1. The first-order valence-corrected chi connectivity index (χ1v) is 15.5. The first kappa shape index (κ1) is 28.0. The molecule has 6 nitrogen and oxygen atoms in total. The number of ether oxygens (including phenoxy) is 1. The van der Waals surface area contributed by atoms with E-state index in [-0.39, 0.29) is 17.0 Å². The Kier molecular flexibility index (Phi) is 8.24. The lowest BCUT2D eigenvalue weighted by atomic mass is 9.73. The highest BCUT2D eigenvalue weighted by molar-refractivity contribution is 7.92. The molecule has 2 unspecified atom stereocenters. The maximum Gasteiger partial charge on any atom is 0.264 e. The molecule has 0 amide bonds. The van der Waals surface area contributed by atoms with Crippen LogP contribution in [0.5, 0.6) is 5.75 Å². The van der Waals surface area contributed by atoms with Gasteiger partial charge in [0, 0.05) is 30.2 Å². The van der Waals surface area contributed by atoms with Crippen LogP contribution < -0.4 is 9.04 Å². The number of aliphatic hydroxyl groups is 1. The van der Waals surface area contributed by atoms with Crippen LogP contribution in [0, 0.1) is 6.92 Å². The van der Waals surface area contributed by atoms with E-state index >= 15 is 0 Å². The molecule has 2 fully saturated rings. The number of likely N-dealkylation sites (tertiary alicyclic amines) is 1. The monoisotopic (exact) mass is 568 g/mol. The molecule has 39 heavy (non-hydrogen) atoms. The Hall–Kier alpha value is -2.58. The third-order valence-corrected chi connectivity index (χ3v) is 10.6. The first-order valence-electron chi connectivity index (χ1n) is 13.7. The summed E-state index contributed by atoms with van der Waals surface area (Å²) in [5.74, 6) is 0.605. The van der Waals surface area contributed by atoms with E-state index in [1.807, 2.05) is 12.1 Å². The van der Waals surface area contributed by atoms with E-state index in [0.29, 0.717) is 42.4 Å². The number of sulfonamides is 1. The van der Waals surface area contributed by atoms with Crippen LogP contribution in [0.25, 0.3) is 0 Å². The van der Waals surface area contributed by atoms with Gasteiger partial charge in [0.1, 0.15) is 11.4 Å². The average Bonchev–Trinajstić information content (AvgIpc) is 2.95. The Morgan fingerprint density at radius 1 is 0.949 bits per heavy atom. The number of hydrogen-bond donors (Lipinski definition) is 1. The standard InChI is InChI=1S/C31H37ClN2O4S/c1-23-7-3-4-8-29(23)31(35)20-6-5-9-30(31)33-21-18-26(19-22-33)34(25-12-10-24(32)11-13-25)39(36,37)28-16-14-27(38-2)15-17-28/h3-4,7-8,10-17,26,30,35H,5-6,9,18-22H2,1-2H3. The largest absolute Gasteiger partial charge is 0.497 e. The Balaban J connectivity index is 1.41. The summed E-state index contributed by atoms with van der Waals surface area (Å²) in [6.45, 7) is 3.50. The molecule has 0 bridgehead atoms. The number of hydrogen-bond acceptors (Lipinski definition) is 5. The van der Waals surface area contributed by atoms with Crippen molar-refractivity contribution in [3.8, 4) is 5.75 Å². The number of piperidine rings is 1. The van der Waals surface area contributed by atoms with Crippen molar-refractivity contribution in [2.45, 2.75) is 68.0 Å². The zero-order valence-corrected chi connectivity index (χ0v) is 24.2. The molecule has 1 saturated carbocycles. The van der Waals surface area contributed by atoms with E-state index < -0.39 is 15.6 Å². The Bertz CT molecular complexity index is 1370. The summed E-state index contributed by atoms with van der Waals surface area (Å²) in [4.78, 5) is 2.61. The normalized spacial score (nSPS) is 22.9. The van der Waals surface area contributed by atoms with Crippen molar-refractivity contribution in [1.29, 1.82) is 0 Å². The van der Waals surface area contributed by atoms with Gasteiger partial charge in [0.05, 0.1) is 17.7 Å². The molecule has 1 heterocycles. The quantitative estimate of drug-likeness (QED) is 0.370. The lowest BCUT2D eigenvalue weighted by Crippen LogP contribution is -2.57. The van der Waals surface area contributed by atoms with Gasteiger partial charge in [-0.05, 0) is 92.3 Å². The molecule has 0 aromatic heterocycles. The van der Waals surface area contributed by atoms with Crippen molar-refractivity contribution in [2.75, 3.05) is 24.5 Å². The van der Waals surface area contributed by atoms with Crippen molar-refractivity contribution < 1.29 is 18.3 Å². The zero-order chi connectivity index (χ0) is 27.6. The minimum absolute atomic E-state index is 0.00970. The van der Waals surface area contributed by atoms with Gasteiger partial charge in [-0.3, -0.25) is 9.21 Å². The molecule has 2 atom stereocenters. The first-order chi connectivity index (χ1) is 18.7. The molecular formula is C31H37ClN2O4S. The van der Waals surface area contributed by atoms with Crippen LogP contribution in [0.15, 0.2) is 77.7 Å². The SMILES string of the molecule is COc1ccc(S(=O)(=O)N(c2ccc(Cl)cc2)C2CCN(C3CCCCC3(O)c3ccccc3C)CC2)cc1. The van der Waals surface area contributed by atoms with E-state index in [4.69, 9.17) is 16.3 Å². The molecular weight excluding hydrogens is 532 g/mol. The van der Waals surface area contributed by atoms with Crippen LogP contribution >= 0.6 is 11.6 Å². The highest BCUT2D eigenvalue weighted by Crippen LogP contribution is 2.43. The topological polar surface area (TPSA) is 70.1 Å². The maximum absolute atomic E-state index is 14.0. The van der Waals surface area contributed by atoms with Gasteiger partial charge in [0.25, 0.3) is 10.0 Å². The van der Waals surface area contributed by atoms with Gasteiger partial charge in [-0.1, -0.05) is 48.7 Å². The van der Waals surface area contributed by atoms with Gasteiger partial charge in [-0.2, -0.15) is 0 Å². The summed E-state index contributed by atoms with van der Waals surface area (Å²) in [6, 6.07) is 21.5. The second-order valence-corrected chi connectivity index (χ2v) is 13.0. The molecule has 208 valence electrons. The fourth-order valence-corrected chi connectivity index (χ4v) is 8.26. The number of benzene rings is 3. The Labute approximate surface area is 237 Å². The molecule has 0 radical (unpaired) electrons. The highest BCUT2D eigenvalue weighted by atomic mass is 35.5. The van der Waals surface area contributed by atoms with E-state index in [0.717, 1.165) is 36.8 Å². The molecule has 1 N–H and O–H groups in total. The second kappa shape index (κ2) is 11.5. The predicted octanol–water partition coefficient (Wildman–Crippen LogP) is 6.15. The van der Waals surface area contributed by atoms with Crippen LogP contribution in [-0.2, 0) is 15.6 Å². The summed E-state index contributed by atoms with van der Waals surface area (Å²) in [5.41, 5.74) is 1.83. The Morgan fingerprint density at radius 3 is 2.26 bits per heavy atom. The third kappa shape index (κ3) is 5.55. The molecule has 0 spiro atoms. The Morgan fingerprint density at radius 2 is 1.62 bits per heavy atom. The van der Waals surface area contributed by atoms with Crippen molar-refractivity contribution in [2.24, 2.45) is 0 Å². The molecule has 3 aromatic rings. The number of nitrogens with zero attached hydrogens (tertiary/aromatic N) is 2. The lowest BCUT2D eigenvalue weighted by Gasteiger charge is -2.49. The van der Waals surface area contributed by atoms with Crippen molar-refractivity contribution >= 4 is 27.3 Å². The molecule has 3 aromatic carbocycles. The number of methoxy groups -OCH3 is 1. The zero-order valence-electron chi connectivity index (χ0n) is 22.6. The van der Waals surface area contributed by atoms with E-state index in [9.17, 15) is 13.5 Å². The fraction of sp³-hybridized carbons (Fsp3) is 0.419. The van der Waals surface area contributed by atoms with Crippen LogP contribution in [0.4, 0.5) is 5.69 Å². The third-order valence-electron chi connectivity index (χ3n) is 8.42. The summed E-state index contributed by atoms with van der Waals surface area (Å²) < 4.78 is 34.8. The van der Waals surface area contributed by atoms with Crippen molar-refractivity contribution in [1.82, 2.24) is 4.90 Å². The smallest absolute Gasteiger partial charge is 0.264 e. The van der Waals surface area contributed by atoms with E-state index in [1.54, 1.807) is 59.9 Å². The predicted molar refractivity (Wildman–Crippen MR) is 156 cm³/mol. The molecule has 1 aliphatic carbocycles. The van der Waals surface area contributed by atoms with Crippen molar-refractivity contribution in [3.05, 3.63) is 88.9 Å². The minimum atomic E-state index is -3.84. The summed E-state index contributed by atoms with van der Waals surface area (Å²) in [6.07, 6.45) is 5.09.